The number of hydrogen-bond donors (Lipinski definition) is 2. The summed E-state index contributed by atoms with van der Waals surface area (Å²) in [6.07, 6.45) is 0.788. The van der Waals surface area contributed by atoms with Crippen LogP contribution in [0.5, 0.6) is 0 Å². The molecule has 0 aliphatic carbocycles. The molecule has 0 radical (unpaired) electrons. The number of carbonyl (C=O) groups is 2. The lowest BCUT2D eigenvalue weighted by Crippen LogP contribution is -2.37. The zero-order valence-corrected chi connectivity index (χ0v) is 14.5. The highest BCUT2D eigenvalue weighted by Gasteiger charge is 2.08. The van der Waals surface area contributed by atoms with Gasteiger partial charge in [-0.1, -0.05) is 35.9 Å². The topological polar surface area (TPSA) is 58.2 Å². The van der Waals surface area contributed by atoms with Crippen molar-refractivity contribution in [3.63, 3.8) is 0 Å². The number of aryl methyl sites for hydroxylation is 3. The second-order valence-electron chi connectivity index (χ2n) is 6.03. The molecule has 24 heavy (non-hydrogen) atoms. The van der Waals surface area contributed by atoms with Crippen LogP contribution in [0.25, 0.3) is 0 Å². The summed E-state index contributed by atoms with van der Waals surface area (Å²) >= 11 is 0. The van der Waals surface area contributed by atoms with E-state index in [1.54, 1.807) is 24.3 Å². The van der Waals surface area contributed by atoms with Gasteiger partial charge in [-0.15, -0.1) is 0 Å². The number of rotatable bonds is 6. The van der Waals surface area contributed by atoms with Gasteiger partial charge in [0.05, 0.1) is 6.54 Å². The molecule has 0 heterocycles. The van der Waals surface area contributed by atoms with Gasteiger partial charge in [0, 0.05) is 12.1 Å². The molecule has 0 fully saturated rings. The normalized spacial score (nSPS) is 10.3. The summed E-state index contributed by atoms with van der Waals surface area (Å²) in [5.74, 6) is -0.419. The van der Waals surface area contributed by atoms with Crippen molar-refractivity contribution in [1.82, 2.24) is 10.6 Å². The van der Waals surface area contributed by atoms with Crippen LogP contribution in [0, 0.1) is 20.8 Å². The van der Waals surface area contributed by atoms with E-state index in [9.17, 15) is 9.59 Å². The van der Waals surface area contributed by atoms with Gasteiger partial charge >= 0.3 is 0 Å². The molecular formula is C20H24N2O2. The maximum Gasteiger partial charge on any atom is 0.251 e. The first-order valence-electron chi connectivity index (χ1n) is 8.14. The third-order valence-electron chi connectivity index (χ3n) is 3.98. The summed E-state index contributed by atoms with van der Waals surface area (Å²) in [6.45, 7) is 6.82. The summed E-state index contributed by atoms with van der Waals surface area (Å²) < 4.78 is 0. The molecule has 0 aliphatic heterocycles. The molecule has 4 nitrogen and oxygen atoms in total. The zero-order valence-electron chi connectivity index (χ0n) is 14.5. The third kappa shape index (κ3) is 4.95. The first-order valence-corrected chi connectivity index (χ1v) is 8.14. The van der Waals surface area contributed by atoms with Gasteiger partial charge in [-0.3, -0.25) is 9.59 Å². The Morgan fingerprint density at radius 3 is 2.17 bits per heavy atom. The van der Waals surface area contributed by atoms with Crippen LogP contribution in [0.1, 0.15) is 32.6 Å². The monoisotopic (exact) mass is 324 g/mol. The molecule has 2 aromatic rings. The fraction of sp³-hybridized carbons (Fsp3) is 0.300. The quantitative estimate of drug-likeness (QED) is 0.858. The van der Waals surface area contributed by atoms with E-state index >= 15 is 0 Å². The summed E-state index contributed by atoms with van der Waals surface area (Å²) in [6, 6.07) is 13.2. The molecule has 0 saturated heterocycles. The second-order valence-corrected chi connectivity index (χ2v) is 6.03. The first-order chi connectivity index (χ1) is 11.5. The van der Waals surface area contributed by atoms with E-state index in [4.69, 9.17) is 0 Å². The van der Waals surface area contributed by atoms with Gasteiger partial charge in [0.25, 0.3) is 5.91 Å². The Morgan fingerprint density at radius 2 is 1.54 bits per heavy atom. The predicted octanol–water partition coefficient (Wildman–Crippen LogP) is 2.70. The zero-order chi connectivity index (χ0) is 17.5. The van der Waals surface area contributed by atoms with Gasteiger partial charge in [-0.25, -0.2) is 0 Å². The fourth-order valence-electron chi connectivity index (χ4n) is 2.85. The van der Waals surface area contributed by atoms with Crippen LogP contribution in [0.2, 0.25) is 0 Å². The van der Waals surface area contributed by atoms with Crippen molar-refractivity contribution in [2.24, 2.45) is 0 Å². The number of nitrogens with one attached hydrogen (secondary N) is 2. The number of benzene rings is 2. The van der Waals surface area contributed by atoms with Gasteiger partial charge in [0.15, 0.2) is 0 Å². The Balaban J connectivity index is 1.77. The van der Waals surface area contributed by atoms with Crippen LogP contribution >= 0.6 is 0 Å². The van der Waals surface area contributed by atoms with Crippen LogP contribution in [0.15, 0.2) is 42.5 Å². The molecule has 2 N–H and O–H groups in total. The third-order valence-corrected chi connectivity index (χ3v) is 3.98. The molecule has 0 aliphatic rings. The first kappa shape index (κ1) is 17.7. The standard InChI is InChI=1S/C20H24N2O2/c1-14-11-15(2)18(16(3)12-14)9-10-21-19(23)13-22-20(24)17-7-5-4-6-8-17/h4-8,11-12H,9-10,13H2,1-3H3,(H,21,23)(H,22,24). The van der Waals surface area contributed by atoms with E-state index in [0.29, 0.717) is 12.1 Å². The Hall–Kier alpha value is -2.62. The summed E-state index contributed by atoms with van der Waals surface area (Å²) in [5.41, 5.74) is 5.57. The number of hydrogen-bond acceptors (Lipinski definition) is 2. The highest BCUT2D eigenvalue weighted by Crippen LogP contribution is 2.16. The minimum Gasteiger partial charge on any atom is -0.354 e. The van der Waals surface area contributed by atoms with Gasteiger partial charge in [0.2, 0.25) is 5.91 Å². The van der Waals surface area contributed by atoms with E-state index in [2.05, 4.69) is 43.5 Å². The van der Waals surface area contributed by atoms with Crippen LogP contribution in [0.4, 0.5) is 0 Å². The predicted molar refractivity (Wildman–Crippen MR) is 96.1 cm³/mol. The lowest BCUT2D eigenvalue weighted by Gasteiger charge is -2.12. The average molecular weight is 324 g/mol. The lowest BCUT2D eigenvalue weighted by molar-refractivity contribution is -0.120. The van der Waals surface area contributed by atoms with Gasteiger partial charge in [-0.2, -0.15) is 0 Å². The molecule has 0 aromatic heterocycles. The molecule has 0 unspecified atom stereocenters. The van der Waals surface area contributed by atoms with Crippen LogP contribution < -0.4 is 10.6 Å². The minimum absolute atomic E-state index is 0.0143. The maximum atomic E-state index is 11.9. The molecular weight excluding hydrogens is 300 g/mol. The minimum atomic E-state index is -0.240. The van der Waals surface area contributed by atoms with Crippen molar-refractivity contribution in [3.8, 4) is 0 Å². The number of carbonyl (C=O) groups excluding carboxylic acids is 2. The molecule has 4 heteroatoms. The van der Waals surface area contributed by atoms with Crippen molar-refractivity contribution in [3.05, 3.63) is 70.3 Å². The summed E-state index contributed by atoms with van der Waals surface area (Å²) in [7, 11) is 0. The van der Waals surface area contributed by atoms with Crippen molar-refractivity contribution in [1.29, 1.82) is 0 Å². The van der Waals surface area contributed by atoms with Crippen LogP contribution in [-0.4, -0.2) is 24.9 Å². The molecule has 2 amide bonds. The summed E-state index contributed by atoms with van der Waals surface area (Å²) in [4.78, 5) is 23.7. The maximum absolute atomic E-state index is 11.9. The largest absolute Gasteiger partial charge is 0.354 e. The van der Waals surface area contributed by atoms with E-state index in [-0.39, 0.29) is 18.4 Å². The van der Waals surface area contributed by atoms with Crippen LogP contribution in [0.3, 0.4) is 0 Å². The molecule has 2 aromatic carbocycles. The molecule has 0 saturated carbocycles. The van der Waals surface area contributed by atoms with E-state index in [1.807, 2.05) is 6.07 Å². The fourth-order valence-corrected chi connectivity index (χ4v) is 2.85. The van der Waals surface area contributed by atoms with E-state index in [0.717, 1.165) is 6.42 Å². The Morgan fingerprint density at radius 1 is 0.917 bits per heavy atom. The second kappa shape index (κ2) is 8.29. The lowest BCUT2D eigenvalue weighted by atomic mass is 9.97. The average Bonchev–Trinajstić information content (AvgIpc) is 2.55. The van der Waals surface area contributed by atoms with Crippen molar-refractivity contribution in [2.45, 2.75) is 27.2 Å². The molecule has 2 rings (SSSR count). The van der Waals surface area contributed by atoms with Gasteiger partial charge in [-0.05, 0) is 56.0 Å². The smallest absolute Gasteiger partial charge is 0.251 e. The SMILES string of the molecule is Cc1cc(C)c(CCNC(=O)CNC(=O)c2ccccc2)c(C)c1. The molecule has 0 atom stereocenters. The van der Waals surface area contributed by atoms with Crippen molar-refractivity contribution in [2.75, 3.05) is 13.1 Å². The number of amides is 2. The highest BCUT2D eigenvalue weighted by atomic mass is 16.2. The Bertz CT molecular complexity index is 701. The van der Waals surface area contributed by atoms with E-state index in [1.165, 1.54) is 22.3 Å². The van der Waals surface area contributed by atoms with Crippen LogP contribution in [-0.2, 0) is 11.2 Å². The van der Waals surface area contributed by atoms with Gasteiger partial charge in [0.1, 0.15) is 0 Å². The molecule has 0 bridgehead atoms. The molecule has 126 valence electrons. The molecule has 0 spiro atoms. The Labute approximate surface area is 143 Å². The highest BCUT2D eigenvalue weighted by molar-refractivity contribution is 5.96. The summed E-state index contributed by atoms with van der Waals surface area (Å²) in [5, 5.41) is 5.48. The van der Waals surface area contributed by atoms with E-state index < -0.39 is 0 Å². The van der Waals surface area contributed by atoms with Crippen molar-refractivity contribution < 1.29 is 9.59 Å². The Kier molecular flexibility index (Phi) is 6.13. The van der Waals surface area contributed by atoms with Gasteiger partial charge < -0.3 is 10.6 Å². The van der Waals surface area contributed by atoms with Crippen molar-refractivity contribution >= 4 is 11.8 Å².